The fraction of sp³-hybridized carbons (Fsp3) is 1.00. The first kappa shape index (κ1) is 17.6. The minimum absolute atomic E-state index is 0.0669. The van der Waals surface area contributed by atoms with E-state index in [9.17, 15) is 14.2 Å². The van der Waals surface area contributed by atoms with Gasteiger partial charge in [0.1, 0.15) is 0 Å². The van der Waals surface area contributed by atoms with Crippen LogP contribution in [0, 0.1) is 5.92 Å². The third kappa shape index (κ3) is 3.59. The lowest BCUT2D eigenvalue weighted by atomic mass is 9.85. The van der Waals surface area contributed by atoms with Crippen LogP contribution in [0.5, 0.6) is 0 Å². The third-order valence-electron chi connectivity index (χ3n) is 4.71. The predicted octanol–water partition coefficient (Wildman–Crippen LogP) is 0.689. The summed E-state index contributed by atoms with van der Waals surface area (Å²) < 4.78 is 22.6. The fourth-order valence-electron chi connectivity index (χ4n) is 3.48. The second-order valence-corrected chi connectivity index (χ2v) is 10.2. The SMILES string of the molecule is O=P(O)(O)C(O)(CCC1CC2CCCCC2N1)P(=O)(O)O. The molecule has 21 heavy (non-hydrogen) atoms. The lowest BCUT2D eigenvalue weighted by Crippen LogP contribution is -2.35. The molecular weight excluding hydrogens is 320 g/mol. The molecular formula is C11H23NO7P2. The molecule has 6 N–H and O–H groups in total. The van der Waals surface area contributed by atoms with Crippen LogP contribution in [0.4, 0.5) is 0 Å². The van der Waals surface area contributed by atoms with E-state index in [1.807, 2.05) is 0 Å². The van der Waals surface area contributed by atoms with Gasteiger partial charge in [-0.2, -0.15) is 0 Å². The lowest BCUT2D eigenvalue weighted by molar-refractivity contribution is 0.118. The van der Waals surface area contributed by atoms with Crippen molar-refractivity contribution in [2.75, 3.05) is 0 Å². The topological polar surface area (TPSA) is 147 Å². The van der Waals surface area contributed by atoms with Crippen molar-refractivity contribution in [2.24, 2.45) is 5.92 Å². The Kier molecular flexibility index (Phi) is 5.04. The van der Waals surface area contributed by atoms with E-state index in [2.05, 4.69) is 5.32 Å². The predicted molar refractivity (Wildman–Crippen MR) is 75.6 cm³/mol. The summed E-state index contributed by atoms with van der Waals surface area (Å²) in [6.07, 6.45) is 4.81. The quantitative estimate of drug-likeness (QED) is 0.400. The Morgan fingerprint density at radius 3 is 2.14 bits per heavy atom. The Morgan fingerprint density at radius 1 is 1.05 bits per heavy atom. The van der Waals surface area contributed by atoms with Crippen molar-refractivity contribution in [3.63, 3.8) is 0 Å². The van der Waals surface area contributed by atoms with Gasteiger partial charge in [-0.25, -0.2) is 0 Å². The molecule has 3 atom stereocenters. The Bertz CT molecular complexity index is 437. The standard InChI is InChI=1S/C11H23NO7P2/c13-11(20(14,15)16,21(17,18)19)6-5-9-7-8-3-1-2-4-10(8)12-9/h8-10,12-13H,1-7H2,(H2,14,15,16)(H2,17,18,19). The smallest absolute Gasteiger partial charge is 0.368 e. The largest absolute Gasteiger partial charge is 0.369 e. The first-order valence-corrected chi connectivity index (χ1v) is 10.4. The van der Waals surface area contributed by atoms with Gasteiger partial charge in [0.15, 0.2) is 0 Å². The number of rotatable bonds is 5. The molecule has 3 unspecified atom stereocenters. The maximum Gasteiger partial charge on any atom is 0.369 e. The van der Waals surface area contributed by atoms with Gasteiger partial charge < -0.3 is 30.0 Å². The monoisotopic (exact) mass is 343 g/mol. The van der Waals surface area contributed by atoms with Crippen LogP contribution >= 0.6 is 15.2 Å². The van der Waals surface area contributed by atoms with Crippen molar-refractivity contribution >= 4 is 15.2 Å². The van der Waals surface area contributed by atoms with Gasteiger partial charge in [-0.1, -0.05) is 12.8 Å². The molecule has 0 radical (unpaired) electrons. The van der Waals surface area contributed by atoms with E-state index in [0.29, 0.717) is 12.0 Å². The van der Waals surface area contributed by atoms with Crippen molar-refractivity contribution < 1.29 is 33.8 Å². The van der Waals surface area contributed by atoms with Crippen molar-refractivity contribution in [3.8, 4) is 0 Å². The van der Waals surface area contributed by atoms with E-state index in [-0.39, 0.29) is 12.5 Å². The van der Waals surface area contributed by atoms with Crippen molar-refractivity contribution in [1.29, 1.82) is 0 Å². The van der Waals surface area contributed by atoms with Crippen molar-refractivity contribution in [2.45, 2.75) is 62.1 Å². The first-order chi connectivity index (χ1) is 9.54. The summed E-state index contributed by atoms with van der Waals surface area (Å²) in [6, 6.07) is 0.310. The van der Waals surface area contributed by atoms with Gasteiger partial charge in [0.2, 0.25) is 0 Å². The van der Waals surface area contributed by atoms with Crippen LogP contribution in [-0.2, 0) is 9.13 Å². The zero-order chi connectivity index (χ0) is 15.9. The van der Waals surface area contributed by atoms with Crippen LogP contribution in [-0.4, -0.2) is 41.8 Å². The van der Waals surface area contributed by atoms with Crippen LogP contribution in [0.3, 0.4) is 0 Å². The zero-order valence-electron chi connectivity index (χ0n) is 11.6. The molecule has 2 rings (SSSR count). The molecule has 0 aromatic carbocycles. The maximum atomic E-state index is 11.3. The molecule has 2 fully saturated rings. The molecule has 1 heterocycles. The number of fused-ring (bicyclic) bond motifs is 1. The highest BCUT2D eigenvalue weighted by atomic mass is 31.2. The second-order valence-electron chi connectivity index (χ2n) is 6.15. The number of hydrogen-bond acceptors (Lipinski definition) is 4. The Balaban J connectivity index is 2.00. The number of hydrogen-bond donors (Lipinski definition) is 6. The fourth-order valence-corrected chi connectivity index (χ4v) is 5.67. The summed E-state index contributed by atoms with van der Waals surface area (Å²) in [4.78, 5) is 36.4. The molecule has 1 aliphatic heterocycles. The van der Waals surface area contributed by atoms with E-state index in [1.165, 1.54) is 6.42 Å². The van der Waals surface area contributed by atoms with Crippen molar-refractivity contribution in [1.82, 2.24) is 5.32 Å². The van der Waals surface area contributed by atoms with Crippen LogP contribution in [0.25, 0.3) is 0 Å². The van der Waals surface area contributed by atoms with E-state index < -0.39 is 26.7 Å². The summed E-state index contributed by atoms with van der Waals surface area (Å²) in [5, 5.41) is 9.92. The van der Waals surface area contributed by atoms with Crippen LogP contribution in [0.15, 0.2) is 0 Å². The summed E-state index contributed by atoms with van der Waals surface area (Å²) in [5.74, 6) is 0.516. The Hall–Kier alpha value is 0.220. The third-order valence-corrected chi connectivity index (χ3v) is 8.58. The molecule has 0 aromatic rings. The minimum atomic E-state index is -5.33. The molecule has 124 valence electrons. The van der Waals surface area contributed by atoms with Gasteiger partial charge in [0, 0.05) is 18.5 Å². The molecule has 8 nitrogen and oxygen atoms in total. The Morgan fingerprint density at radius 2 is 1.62 bits per heavy atom. The van der Waals surface area contributed by atoms with Crippen LogP contribution in [0.1, 0.15) is 44.9 Å². The summed E-state index contributed by atoms with van der Waals surface area (Å²) in [6.45, 7) is 0. The highest BCUT2D eigenvalue weighted by molar-refractivity contribution is 7.72. The minimum Gasteiger partial charge on any atom is -0.368 e. The van der Waals surface area contributed by atoms with E-state index in [1.54, 1.807) is 0 Å². The van der Waals surface area contributed by atoms with E-state index in [4.69, 9.17) is 19.6 Å². The average molecular weight is 343 g/mol. The van der Waals surface area contributed by atoms with Gasteiger partial charge in [0.25, 0.3) is 5.08 Å². The molecule has 2 aliphatic rings. The van der Waals surface area contributed by atoms with Gasteiger partial charge in [0.05, 0.1) is 0 Å². The Labute approximate surface area is 123 Å². The molecule has 1 saturated heterocycles. The number of nitrogens with one attached hydrogen (secondary N) is 1. The van der Waals surface area contributed by atoms with Crippen molar-refractivity contribution in [3.05, 3.63) is 0 Å². The summed E-state index contributed by atoms with van der Waals surface area (Å²) >= 11 is 0. The van der Waals surface area contributed by atoms with Gasteiger partial charge in [-0.05, 0) is 31.6 Å². The molecule has 1 aliphatic carbocycles. The normalized spacial score (nSPS) is 31.2. The van der Waals surface area contributed by atoms with E-state index >= 15 is 0 Å². The molecule has 0 aromatic heterocycles. The highest BCUT2D eigenvalue weighted by Gasteiger charge is 2.59. The maximum absolute atomic E-state index is 11.3. The molecule has 1 saturated carbocycles. The first-order valence-electron chi connectivity index (χ1n) is 7.14. The zero-order valence-corrected chi connectivity index (χ0v) is 13.4. The summed E-state index contributed by atoms with van der Waals surface area (Å²) in [5.41, 5.74) is 0. The van der Waals surface area contributed by atoms with Crippen LogP contribution in [0.2, 0.25) is 0 Å². The lowest BCUT2D eigenvalue weighted by Gasteiger charge is -2.30. The second kappa shape index (κ2) is 6.02. The molecule has 10 heteroatoms. The van der Waals surface area contributed by atoms with Gasteiger partial charge in [-0.15, -0.1) is 0 Å². The molecule has 0 spiro atoms. The van der Waals surface area contributed by atoms with E-state index in [0.717, 1.165) is 25.7 Å². The average Bonchev–Trinajstić information content (AvgIpc) is 2.75. The summed E-state index contributed by atoms with van der Waals surface area (Å²) in [7, 11) is -10.7. The highest BCUT2D eigenvalue weighted by Crippen LogP contribution is 2.69. The molecule has 0 bridgehead atoms. The molecule has 0 amide bonds. The van der Waals surface area contributed by atoms with Gasteiger partial charge in [-0.3, -0.25) is 9.13 Å². The number of aliphatic hydroxyl groups is 1. The van der Waals surface area contributed by atoms with Crippen LogP contribution < -0.4 is 5.32 Å². The van der Waals surface area contributed by atoms with Gasteiger partial charge >= 0.3 is 15.2 Å².